The van der Waals surface area contributed by atoms with Gasteiger partial charge in [-0.2, -0.15) is 0 Å². The first-order chi connectivity index (χ1) is 11.6. The molecule has 0 spiro atoms. The summed E-state index contributed by atoms with van der Waals surface area (Å²) < 4.78 is 0. The van der Waals surface area contributed by atoms with Crippen LogP contribution in [-0.4, -0.2) is 14.8 Å². The second-order valence-corrected chi connectivity index (χ2v) is 4.98. The molecule has 0 atom stereocenters. The van der Waals surface area contributed by atoms with Crippen LogP contribution in [-0.2, 0) is 0 Å². The van der Waals surface area contributed by atoms with Crippen molar-refractivity contribution >= 4 is 11.4 Å². The lowest BCUT2D eigenvalue weighted by molar-refractivity contribution is -0.384. The number of hydrogen-bond donors (Lipinski definition) is 0. The predicted octanol–water partition coefficient (Wildman–Crippen LogP) is 4.23. The van der Waals surface area contributed by atoms with Crippen molar-refractivity contribution in [2.45, 2.75) is 0 Å². The first kappa shape index (κ1) is 15.3. The molecule has 0 N–H and O–H groups in total. The molecule has 0 aliphatic rings. The molecule has 0 saturated carbocycles. The number of nitro benzene ring substituents is 2. The van der Waals surface area contributed by atoms with Crippen molar-refractivity contribution in [3.8, 4) is 22.4 Å². The fraction of sp³-hybridized carbons (Fsp3) is 0. The van der Waals surface area contributed by atoms with Crippen LogP contribution in [0.4, 0.5) is 11.4 Å². The molecule has 3 rings (SSSR count). The Bertz CT molecular complexity index is 847. The summed E-state index contributed by atoms with van der Waals surface area (Å²) in [6, 6.07) is 16.0. The molecule has 24 heavy (non-hydrogen) atoms. The quantitative estimate of drug-likeness (QED) is 0.529. The standard InChI is InChI=1S/C17H11N3O4/c21-19(22)16-7-3-1-5-13(16)12-9-10-15(18-11-12)14-6-2-4-8-17(14)20(23)24/h1-11H. The van der Waals surface area contributed by atoms with Crippen molar-refractivity contribution in [1.82, 2.24) is 4.98 Å². The van der Waals surface area contributed by atoms with Crippen molar-refractivity contribution in [2.24, 2.45) is 0 Å². The Kier molecular flexibility index (Phi) is 3.98. The maximum atomic E-state index is 11.1. The average Bonchev–Trinajstić information content (AvgIpc) is 2.62. The molecule has 0 unspecified atom stereocenters. The molecule has 2 aromatic carbocycles. The van der Waals surface area contributed by atoms with Crippen LogP contribution in [0.25, 0.3) is 22.4 Å². The number of pyridine rings is 1. The van der Waals surface area contributed by atoms with Gasteiger partial charge in [-0.1, -0.05) is 30.3 Å². The molecule has 0 radical (unpaired) electrons. The summed E-state index contributed by atoms with van der Waals surface area (Å²) in [7, 11) is 0. The van der Waals surface area contributed by atoms with Crippen molar-refractivity contribution in [3.05, 3.63) is 87.1 Å². The van der Waals surface area contributed by atoms with E-state index < -0.39 is 9.85 Å². The molecule has 0 amide bonds. The molecule has 7 nitrogen and oxygen atoms in total. The first-order valence-corrected chi connectivity index (χ1v) is 7.01. The fourth-order valence-corrected chi connectivity index (χ4v) is 2.44. The fourth-order valence-electron chi connectivity index (χ4n) is 2.44. The van der Waals surface area contributed by atoms with Gasteiger partial charge in [0.2, 0.25) is 0 Å². The maximum absolute atomic E-state index is 11.1. The Morgan fingerprint density at radius 2 is 1.25 bits per heavy atom. The minimum Gasteiger partial charge on any atom is -0.258 e. The van der Waals surface area contributed by atoms with Crippen LogP contribution < -0.4 is 0 Å². The van der Waals surface area contributed by atoms with Gasteiger partial charge in [-0.15, -0.1) is 0 Å². The summed E-state index contributed by atoms with van der Waals surface area (Å²) in [5.41, 5.74) is 1.80. The minimum absolute atomic E-state index is 0.0160. The van der Waals surface area contributed by atoms with E-state index in [4.69, 9.17) is 0 Å². The van der Waals surface area contributed by atoms with E-state index in [2.05, 4.69) is 4.98 Å². The number of hydrogen-bond acceptors (Lipinski definition) is 5. The molecule has 3 aromatic rings. The molecule has 0 aliphatic heterocycles. The highest BCUT2D eigenvalue weighted by Gasteiger charge is 2.17. The highest BCUT2D eigenvalue weighted by Crippen LogP contribution is 2.32. The number of aromatic nitrogens is 1. The van der Waals surface area contributed by atoms with Gasteiger partial charge in [0.15, 0.2) is 0 Å². The van der Waals surface area contributed by atoms with Crippen LogP contribution >= 0.6 is 0 Å². The highest BCUT2D eigenvalue weighted by molar-refractivity contribution is 5.76. The number of nitrogens with zero attached hydrogens (tertiary/aromatic N) is 3. The third-order valence-electron chi connectivity index (χ3n) is 3.55. The summed E-state index contributed by atoms with van der Waals surface area (Å²) in [6.45, 7) is 0. The van der Waals surface area contributed by atoms with Crippen molar-refractivity contribution in [2.75, 3.05) is 0 Å². The Morgan fingerprint density at radius 3 is 1.79 bits per heavy atom. The Morgan fingerprint density at radius 1 is 0.708 bits per heavy atom. The lowest BCUT2D eigenvalue weighted by Gasteiger charge is -2.05. The number of para-hydroxylation sites is 2. The monoisotopic (exact) mass is 321 g/mol. The smallest absolute Gasteiger partial charge is 0.258 e. The zero-order valence-electron chi connectivity index (χ0n) is 12.3. The molecule has 7 heteroatoms. The average molecular weight is 321 g/mol. The van der Waals surface area contributed by atoms with E-state index in [-0.39, 0.29) is 11.4 Å². The van der Waals surface area contributed by atoms with Gasteiger partial charge in [-0.25, -0.2) is 0 Å². The maximum Gasteiger partial charge on any atom is 0.278 e. The van der Waals surface area contributed by atoms with Gasteiger partial charge >= 0.3 is 0 Å². The van der Waals surface area contributed by atoms with Crippen molar-refractivity contribution < 1.29 is 9.85 Å². The van der Waals surface area contributed by atoms with Gasteiger partial charge in [0.25, 0.3) is 11.4 Å². The summed E-state index contributed by atoms with van der Waals surface area (Å²) in [4.78, 5) is 25.5. The van der Waals surface area contributed by atoms with Crippen LogP contribution in [0.15, 0.2) is 66.9 Å². The van der Waals surface area contributed by atoms with Gasteiger partial charge < -0.3 is 0 Å². The number of rotatable bonds is 4. The van der Waals surface area contributed by atoms with Crippen LogP contribution in [0.2, 0.25) is 0 Å². The Balaban J connectivity index is 2.04. The topological polar surface area (TPSA) is 99.2 Å². The Labute approximate surface area is 136 Å². The molecule has 0 saturated heterocycles. The lowest BCUT2D eigenvalue weighted by atomic mass is 10.0. The van der Waals surface area contributed by atoms with E-state index >= 15 is 0 Å². The molecule has 0 fully saturated rings. The van der Waals surface area contributed by atoms with E-state index in [0.29, 0.717) is 22.4 Å². The van der Waals surface area contributed by atoms with Crippen molar-refractivity contribution in [1.29, 1.82) is 0 Å². The van der Waals surface area contributed by atoms with Gasteiger partial charge in [0, 0.05) is 23.9 Å². The molecule has 1 heterocycles. The zero-order valence-corrected chi connectivity index (χ0v) is 12.3. The van der Waals surface area contributed by atoms with E-state index in [9.17, 15) is 20.2 Å². The van der Waals surface area contributed by atoms with E-state index in [1.54, 1.807) is 48.5 Å². The zero-order chi connectivity index (χ0) is 17.1. The third kappa shape index (κ3) is 2.82. The van der Waals surface area contributed by atoms with Crippen molar-refractivity contribution in [3.63, 3.8) is 0 Å². The molecule has 118 valence electrons. The highest BCUT2D eigenvalue weighted by atomic mass is 16.6. The minimum atomic E-state index is -0.465. The summed E-state index contributed by atoms with van der Waals surface area (Å²) in [6.07, 6.45) is 1.48. The molecular weight excluding hydrogens is 310 g/mol. The molecule has 0 bridgehead atoms. The number of benzene rings is 2. The second-order valence-electron chi connectivity index (χ2n) is 4.98. The summed E-state index contributed by atoms with van der Waals surface area (Å²) in [5.74, 6) is 0. The summed E-state index contributed by atoms with van der Waals surface area (Å²) in [5, 5.41) is 22.2. The van der Waals surface area contributed by atoms with Crippen LogP contribution in [0.5, 0.6) is 0 Å². The van der Waals surface area contributed by atoms with Crippen LogP contribution in [0, 0.1) is 20.2 Å². The third-order valence-corrected chi connectivity index (χ3v) is 3.55. The second kappa shape index (κ2) is 6.25. The molecule has 0 aliphatic carbocycles. The first-order valence-electron chi connectivity index (χ1n) is 7.01. The number of nitro groups is 2. The van der Waals surface area contributed by atoms with E-state index in [1.165, 1.54) is 18.3 Å². The van der Waals surface area contributed by atoms with E-state index in [0.717, 1.165) is 0 Å². The van der Waals surface area contributed by atoms with Gasteiger partial charge in [0.1, 0.15) is 0 Å². The predicted molar refractivity (Wildman–Crippen MR) is 88.4 cm³/mol. The SMILES string of the molecule is O=[N+]([O-])c1ccccc1-c1ccc(-c2ccccc2[N+](=O)[O-])nc1. The normalized spacial score (nSPS) is 10.3. The van der Waals surface area contributed by atoms with Gasteiger partial charge in [-0.05, 0) is 18.2 Å². The Hall–Kier alpha value is -3.61. The van der Waals surface area contributed by atoms with Crippen LogP contribution in [0.3, 0.4) is 0 Å². The van der Waals surface area contributed by atoms with E-state index in [1.807, 2.05) is 0 Å². The van der Waals surface area contributed by atoms with Gasteiger partial charge in [0.05, 0.1) is 26.7 Å². The molecule has 1 aromatic heterocycles. The largest absolute Gasteiger partial charge is 0.278 e. The lowest BCUT2D eigenvalue weighted by Crippen LogP contribution is -1.94. The summed E-state index contributed by atoms with van der Waals surface area (Å²) >= 11 is 0. The van der Waals surface area contributed by atoms with Gasteiger partial charge in [-0.3, -0.25) is 25.2 Å². The van der Waals surface area contributed by atoms with Crippen LogP contribution in [0.1, 0.15) is 0 Å². The molecular formula is C17H11N3O4.